The smallest absolute Gasteiger partial charge is 0.141 e. The highest BCUT2D eigenvalue weighted by molar-refractivity contribution is 7.17. The number of imidazole rings is 1. The van der Waals surface area contributed by atoms with Crippen LogP contribution in [0.15, 0.2) is 54.4 Å². The van der Waals surface area contributed by atoms with Gasteiger partial charge in [0.1, 0.15) is 22.8 Å². The van der Waals surface area contributed by atoms with E-state index in [-0.39, 0.29) is 0 Å². The zero-order chi connectivity index (χ0) is 21.0. The third-order valence-corrected chi connectivity index (χ3v) is 7.11. The molecule has 0 bridgehead atoms. The Morgan fingerprint density at radius 3 is 2.71 bits per heavy atom. The van der Waals surface area contributed by atoms with Crippen molar-refractivity contribution in [1.82, 2.24) is 24.8 Å². The molecule has 1 N–H and O–H groups in total. The zero-order valence-electron chi connectivity index (χ0n) is 17.9. The van der Waals surface area contributed by atoms with Gasteiger partial charge in [-0.25, -0.2) is 15.0 Å². The Kier molecular flexibility index (Phi) is 5.95. The molecule has 0 aliphatic carbocycles. The van der Waals surface area contributed by atoms with Gasteiger partial charge < -0.3 is 14.8 Å². The minimum absolute atomic E-state index is 0.714. The lowest BCUT2D eigenvalue weighted by Gasteiger charge is -2.33. The molecular formula is C24H28N6S. The van der Waals surface area contributed by atoms with Crippen molar-refractivity contribution in [1.29, 1.82) is 0 Å². The van der Waals surface area contributed by atoms with Gasteiger partial charge in [-0.2, -0.15) is 0 Å². The van der Waals surface area contributed by atoms with Gasteiger partial charge in [-0.15, -0.1) is 11.3 Å². The van der Waals surface area contributed by atoms with Gasteiger partial charge in [-0.3, -0.25) is 0 Å². The van der Waals surface area contributed by atoms with Crippen LogP contribution in [0.25, 0.3) is 21.3 Å². The highest BCUT2D eigenvalue weighted by atomic mass is 32.1. The van der Waals surface area contributed by atoms with E-state index >= 15 is 0 Å². The van der Waals surface area contributed by atoms with Gasteiger partial charge in [0.2, 0.25) is 0 Å². The Morgan fingerprint density at radius 1 is 1.10 bits per heavy atom. The minimum atomic E-state index is 0.714. The fourth-order valence-electron chi connectivity index (χ4n) is 4.42. The number of anilines is 1. The van der Waals surface area contributed by atoms with Gasteiger partial charge in [0, 0.05) is 56.4 Å². The molecule has 1 fully saturated rings. The van der Waals surface area contributed by atoms with E-state index in [1.54, 1.807) is 17.7 Å². The molecule has 0 saturated carbocycles. The molecule has 4 heterocycles. The normalized spacial score (nSPS) is 15.1. The van der Waals surface area contributed by atoms with Gasteiger partial charge in [0.05, 0.1) is 5.39 Å². The molecule has 6 nitrogen and oxygen atoms in total. The maximum Gasteiger partial charge on any atom is 0.141 e. The molecule has 1 aromatic carbocycles. The first-order valence-corrected chi connectivity index (χ1v) is 11.9. The van der Waals surface area contributed by atoms with Crippen LogP contribution in [0.3, 0.4) is 0 Å². The van der Waals surface area contributed by atoms with E-state index in [0.29, 0.717) is 5.92 Å². The molecule has 7 heteroatoms. The third kappa shape index (κ3) is 4.34. The van der Waals surface area contributed by atoms with Crippen molar-refractivity contribution in [2.24, 2.45) is 13.0 Å². The van der Waals surface area contributed by atoms with Crippen LogP contribution in [-0.2, 0) is 13.5 Å². The molecule has 0 amide bonds. The summed E-state index contributed by atoms with van der Waals surface area (Å²) in [5.41, 5.74) is 2.48. The third-order valence-electron chi connectivity index (χ3n) is 6.23. The molecule has 0 spiro atoms. The number of aromatic nitrogens is 4. The molecule has 160 valence electrons. The second-order valence-corrected chi connectivity index (χ2v) is 9.09. The molecule has 0 unspecified atom stereocenters. The number of benzene rings is 1. The SMILES string of the molecule is Cn1ccnc1CCNCC1CCN(c2ncnc3scc(-c4ccccc4)c23)CC1. The van der Waals surface area contributed by atoms with E-state index in [2.05, 4.69) is 67.5 Å². The van der Waals surface area contributed by atoms with E-state index in [1.165, 1.54) is 29.4 Å². The maximum atomic E-state index is 4.72. The number of piperidine rings is 1. The Hall–Kier alpha value is -2.77. The average Bonchev–Trinajstić information content (AvgIpc) is 3.44. The largest absolute Gasteiger partial charge is 0.356 e. The molecular weight excluding hydrogens is 404 g/mol. The van der Waals surface area contributed by atoms with E-state index < -0.39 is 0 Å². The molecule has 1 aliphatic rings. The quantitative estimate of drug-likeness (QED) is 0.445. The predicted octanol–water partition coefficient (Wildman–Crippen LogP) is 4.14. The fourth-order valence-corrected chi connectivity index (χ4v) is 5.33. The summed E-state index contributed by atoms with van der Waals surface area (Å²) in [6, 6.07) is 10.6. The van der Waals surface area contributed by atoms with Crippen molar-refractivity contribution in [2.75, 3.05) is 31.1 Å². The van der Waals surface area contributed by atoms with Crippen molar-refractivity contribution >= 4 is 27.4 Å². The predicted molar refractivity (Wildman–Crippen MR) is 128 cm³/mol. The van der Waals surface area contributed by atoms with Gasteiger partial charge in [-0.05, 0) is 30.9 Å². The van der Waals surface area contributed by atoms with Gasteiger partial charge in [0.25, 0.3) is 0 Å². The molecule has 0 radical (unpaired) electrons. The first-order chi connectivity index (χ1) is 15.3. The lowest BCUT2D eigenvalue weighted by Crippen LogP contribution is -2.38. The Bertz CT molecular complexity index is 1130. The number of hydrogen-bond donors (Lipinski definition) is 1. The van der Waals surface area contributed by atoms with E-state index in [4.69, 9.17) is 4.98 Å². The molecule has 4 aromatic rings. The zero-order valence-corrected chi connectivity index (χ0v) is 18.7. The monoisotopic (exact) mass is 432 g/mol. The summed E-state index contributed by atoms with van der Waals surface area (Å²) in [5, 5.41) is 7.05. The van der Waals surface area contributed by atoms with Crippen LogP contribution in [0.4, 0.5) is 5.82 Å². The molecule has 0 atom stereocenters. The number of hydrogen-bond acceptors (Lipinski definition) is 6. The summed E-state index contributed by atoms with van der Waals surface area (Å²) in [4.78, 5) is 17.2. The minimum Gasteiger partial charge on any atom is -0.356 e. The van der Waals surface area contributed by atoms with E-state index in [1.807, 2.05) is 12.4 Å². The summed E-state index contributed by atoms with van der Waals surface area (Å²) in [6.45, 7) is 4.14. The Labute approximate surface area is 187 Å². The van der Waals surface area contributed by atoms with Crippen LogP contribution >= 0.6 is 11.3 Å². The van der Waals surface area contributed by atoms with E-state index in [0.717, 1.165) is 49.1 Å². The molecule has 1 aliphatic heterocycles. The summed E-state index contributed by atoms with van der Waals surface area (Å²) in [6.07, 6.45) is 8.94. The standard InChI is InChI=1S/C24H28N6S/c1-29-14-11-26-21(29)7-10-25-15-18-8-12-30(13-9-18)23-22-20(19-5-3-2-4-6-19)16-31-24(22)28-17-27-23/h2-6,11,14,16-18,25H,7-10,12-13,15H2,1H3. The lowest BCUT2D eigenvalue weighted by atomic mass is 9.96. The van der Waals surface area contributed by atoms with Crippen molar-refractivity contribution in [3.63, 3.8) is 0 Å². The van der Waals surface area contributed by atoms with Crippen LogP contribution in [-0.4, -0.2) is 45.7 Å². The molecule has 31 heavy (non-hydrogen) atoms. The van der Waals surface area contributed by atoms with Crippen LogP contribution in [0, 0.1) is 5.92 Å². The number of aryl methyl sites for hydroxylation is 1. The number of rotatable bonds is 7. The summed E-state index contributed by atoms with van der Waals surface area (Å²) in [7, 11) is 2.05. The van der Waals surface area contributed by atoms with E-state index in [9.17, 15) is 0 Å². The van der Waals surface area contributed by atoms with Crippen LogP contribution < -0.4 is 10.2 Å². The second kappa shape index (κ2) is 9.16. The van der Waals surface area contributed by atoms with Crippen molar-refractivity contribution in [3.05, 3.63) is 60.3 Å². The summed E-state index contributed by atoms with van der Waals surface area (Å²) in [5.74, 6) is 2.94. The number of fused-ring (bicyclic) bond motifs is 1. The molecule has 5 rings (SSSR count). The number of nitrogens with zero attached hydrogens (tertiary/aromatic N) is 5. The maximum absolute atomic E-state index is 4.72. The number of thiophene rings is 1. The first-order valence-electron chi connectivity index (χ1n) is 11.0. The van der Waals surface area contributed by atoms with Crippen molar-refractivity contribution in [2.45, 2.75) is 19.3 Å². The summed E-state index contributed by atoms with van der Waals surface area (Å²) < 4.78 is 2.09. The fraction of sp³-hybridized carbons (Fsp3) is 0.375. The van der Waals surface area contributed by atoms with Crippen LogP contribution in [0.5, 0.6) is 0 Å². The Morgan fingerprint density at radius 2 is 1.94 bits per heavy atom. The highest BCUT2D eigenvalue weighted by Gasteiger charge is 2.23. The first kappa shape index (κ1) is 20.2. The van der Waals surface area contributed by atoms with Gasteiger partial charge in [-0.1, -0.05) is 30.3 Å². The Balaban J connectivity index is 1.22. The topological polar surface area (TPSA) is 58.9 Å². The molecule has 1 saturated heterocycles. The van der Waals surface area contributed by atoms with Crippen molar-refractivity contribution < 1.29 is 0 Å². The van der Waals surface area contributed by atoms with Crippen LogP contribution in [0.1, 0.15) is 18.7 Å². The van der Waals surface area contributed by atoms with Crippen molar-refractivity contribution in [3.8, 4) is 11.1 Å². The number of nitrogens with one attached hydrogen (secondary N) is 1. The average molecular weight is 433 g/mol. The van der Waals surface area contributed by atoms with Gasteiger partial charge >= 0.3 is 0 Å². The highest BCUT2D eigenvalue weighted by Crippen LogP contribution is 2.38. The lowest BCUT2D eigenvalue weighted by molar-refractivity contribution is 0.382. The summed E-state index contributed by atoms with van der Waals surface area (Å²) >= 11 is 1.71. The second-order valence-electron chi connectivity index (χ2n) is 8.23. The van der Waals surface area contributed by atoms with Gasteiger partial charge in [0.15, 0.2) is 0 Å². The molecule has 3 aromatic heterocycles. The van der Waals surface area contributed by atoms with Crippen LogP contribution in [0.2, 0.25) is 0 Å².